The maximum atomic E-state index is 10.7. The fourth-order valence-electron chi connectivity index (χ4n) is 2.23. The van der Waals surface area contributed by atoms with Crippen molar-refractivity contribution in [2.75, 3.05) is 6.61 Å². The summed E-state index contributed by atoms with van der Waals surface area (Å²) in [4.78, 5) is 19.7. The Labute approximate surface area is 120 Å². The van der Waals surface area contributed by atoms with Crippen LogP contribution in [0.15, 0.2) is 0 Å². The summed E-state index contributed by atoms with van der Waals surface area (Å²) in [6.07, 6.45) is 0.448. The number of hydrogen-bond acceptors (Lipinski definition) is 4. The second kappa shape index (κ2) is 7.33. The van der Waals surface area contributed by atoms with E-state index in [-0.39, 0.29) is 12.5 Å². The number of aliphatic carboxylic acids is 1. The normalized spacial score (nSPS) is 12.7. The summed E-state index contributed by atoms with van der Waals surface area (Å²) in [5, 5.41) is 8.78. The lowest BCUT2D eigenvalue weighted by Crippen LogP contribution is -2.17. The summed E-state index contributed by atoms with van der Waals surface area (Å²) in [5.74, 6) is 0.178. The predicted octanol–water partition coefficient (Wildman–Crippen LogP) is 2.84. The lowest BCUT2D eigenvalue weighted by Gasteiger charge is -2.21. The Hall–Kier alpha value is -1.49. The molecule has 1 unspecified atom stereocenters. The fraction of sp³-hybridized carbons (Fsp3) is 0.667. The first-order valence-electron chi connectivity index (χ1n) is 7.04. The van der Waals surface area contributed by atoms with Crippen molar-refractivity contribution in [1.82, 2.24) is 9.97 Å². The van der Waals surface area contributed by atoms with E-state index in [0.29, 0.717) is 24.8 Å². The number of ether oxygens (including phenoxy) is 1. The summed E-state index contributed by atoms with van der Waals surface area (Å²) >= 11 is 0. The highest BCUT2D eigenvalue weighted by Gasteiger charge is 2.21. The first-order chi connectivity index (χ1) is 9.36. The van der Waals surface area contributed by atoms with Gasteiger partial charge in [0, 0.05) is 24.4 Å². The predicted molar refractivity (Wildman–Crippen MR) is 76.7 cm³/mol. The molecular formula is C15H24N2O3. The lowest BCUT2D eigenvalue weighted by molar-refractivity contribution is -0.136. The standard InChI is InChI=1S/C15H24N2O3/c1-6-20-14(9(2)3)15-16-10(4)12(11(5)17-15)7-8-13(18)19/h9,14H,6-8H2,1-5H3,(H,18,19). The fourth-order valence-corrected chi connectivity index (χ4v) is 2.23. The zero-order valence-electron chi connectivity index (χ0n) is 12.9. The van der Waals surface area contributed by atoms with Gasteiger partial charge in [0.05, 0.1) is 0 Å². The van der Waals surface area contributed by atoms with Gasteiger partial charge in [-0.05, 0) is 38.7 Å². The zero-order chi connectivity index (χ0) is 15.3. The van der Waals surface area contributed by atoms with Gasteiger partial charge < -0.3 is 9.84 Å². The van der Waals surface area contributed by atoms with Crippen LogP contribution in [0, 0.1) is 19.8 Å². The Bertz CT molecular complexity index is 449. The Morgan fingerprint density at radius 2 is 1.80 bits per heavy atom. The molecule has 1 aromatic heterocycles. The van der Waals surface area contributed by atoms with E-state index < -0.39 is 5.97 Å². The first kappa shape index (κ1) is 16.6. The average Bonchev–Trinajstić information content (AvgIpc) is 2.33. The van der Waals surface area contributed by atoms with Crippen molar-refractivity contribution in [3.05, 3.63) is 22.8 Å². The molecule has 0 aliphatic carbocycles. The molecule has 5 nitrogen and oxygen atoms in total. The molecule has 5 heteroatoms. The third-order valence-corrected chi connectivity index (χ3v) is 3.23. The highest BCUT2D eigenvalue weighted by molar-refractivity contribution is 5.67. The Morgan fingerprint density at radius 3 is 2.20 bits per heavy atom. The third kappa shape index (κ3) is 4.27. The summed E-state index contributed by atoms with van der Waals surface area (Å²) in [6, 6.07) is 0. The maximum Gasteiger partial charge on any atom is 0.303 e. The second-order valence-electron chi connectivity index (χ2n) is 5.24. The molecule has 0 aliphatic heterocycles. The summed E-state index contributed by atoms with van der Waals surface area (Å²) < 4.78 is 5.72. The number of carbonyl (C=O) groups is 1. The van der Waals surface area contributed by atoms with Crippen molar-refractivity contribution in [2.24, 2.45) is 5.92 Å². The largest absolute Gasteiger partial charge is 0.481 e. The van der Waals surface area contributed by atoms with Crippen LogP contribution in [0.25, 0.3) is 0 Å². The van der Waals surface area contributed by atoms with E-state index in [9.17, 15) is 4.79 Å². The van der Waals surface area contributed by atoms with Gasteiger partial charge in [-0.1, -0.05) is 13.8 Å². The second-order valence-corrected chi connectivity index (χ2v) is 5.24. The van der Waals surface area contributed by atoms with Crippen LogP contribution in [0.5, 0.6) is 0 Å². The van der Waals surface area contributed by atoms with Gasteiger partial charge in [0.25, 0.3) is 0 Å². The number of hydrogen-bond donors (Lipinski definition) is 1. The number of aromatic nitrogens is 2. The Kier molecular flexibility index (Phi) is 6.07. The van der Waals surface area contributed by atoms with E-state index in [2.05, 4.69) is 23.8 Å². The van der Waals surface area contributed by atoms with Crippen molar-refractivity contribution < 1.29 is 14.6 Å². The molecule has 0 bridgehead atoms. The van der Waals surface area contributed by atoms with Crippen molar-refractivity contribution in [2.45, 2.75) is 53.6 Å². The first-order valence-corrected chi connectivity index (χ1v) is 7.04. The van der Waals surface area contributed by atoms with Crippen molar-refractivity contribution >= 4 is 5.97 Å². The van der Waals surface area contributed by atoms with Crippen LogP contribution in [0.4, 0.5) is 0 Å². The minimum Gasteiger partial charge on any atom is -0.481 e. The van der Waals surface area contributed by atoms with Crippen LogP contribution in [0.1, 0.15) is 56.1 Å². The van der Waals surface area contributed by atoms with E-state index in [4.69, 9.17) is 9.84 Å². The monoisotopic (exact) mass is 280 g/mol. The number of rotatable bonds is 7. The summed E-state index contributed by atoms with van der Waals surface area (Å²) in [6.45, 7) is 10.5. The molecule has 0 aromatic carbocycles. The molecule has 0 saturated carbocycles. The van der Waals surface area contributed by atoms with Crippen LogP contribution < -0.4 is 0 Å². The summed E-state index contributed by atoms with van der Waals surface area (Å²) in [7, 11) is 0. The van der Waals surface area contributed by atoms with E-state index in [1.165, 1.54) is 0 Å². The molecule has 0 saturated heterocycles. The van der Waals surface area contributed by atoms with Crippen LogP contribution in [0.2, 0.25) is 0 Å². The summed E-state index contributed by atoms with van der Waals surface area (Å²) in [5.41, 5.74) is 2.62. The molecule has 1 atom stereocenters. The molecule has 112 valence electrons. The molecule has 0 radical (unpaired) electrons. The van der Waals surface area contributed by atoms with Gasteiger partial charge in [0.2, 0.25) is 0 Å². The topological polar surface area (TPSA) is 72.3 Å². The van der Waals surface area contributed by atoms with Gasteiger partial charge in [-0.15, -0.1) is 0 Å². The Morgan fingerprint density at radius 1 is 1.25 bits per heavy atom. The van der Waals surface area contributed by atoms with Crippen LogP contribution in [-0.2, 0) is 16.0 Å². The third-order valence-electron chi connectivity index (χ3n) is 3.23. The van der Waals surface area contributed by atoms with Crippen LogP contribution >= 0.6 is 0 Å². The van der Waals surface area contributed by atoms with Crippen molar-refractivity contribution in [3.63, 3.8) is 0 Å². The van der Waals surface area contributed by atoms with Gasteiger partial charge in [-0.2, -0.15) is 0 Å². The van der Waals surface area contributed by atoms with Gasteiger partial charge in [-0.3, -0.25) is 4.79 Å². The molecule has 0 amide bonds. The minimum atomic E-state index is -0.803. The van der Waals surface area contributed by atoms with Crippen molar-refractivity contribution in [1.29, 1.82) is 0 Å². The molecule has 1 N–H and O–H groups in total. The molecule has 0 fully saturated rings. The van der Waals surface area contributed by atoms with E-state index in [1.807, 2.05) is 20.8 Å². The SMILES string of the molecule is CCOC(c1nc(C)c(CCC(=O)O)c(C)n1)C(C)C. The average molecular weight is 280 g/mol. The van der Waals surface area contributed by atoms with Gasteiger partial charge in [0.1, 0.15) is 6.10 Å². The molecule has 20 heavy (non-hydrogen) atoms. The maximum absolute atomic E-state index is 10.7. The van der Waals surface area contributed by atoms with E-state index in [0.717, 1.165) is 17.0 Å². The number of carboxylic acid groups (broad SMARTS) is 1. The van der Waals surface area contributed by atoms with Crippen LogP contribution in [0.3, 0.4) is 0 Å². The number of aryl methyl sites for hydroxylation is 2. The molecule has 0 spiro atoms. The van der Waals surface area contributed by atoms with Gasteiger partial charge in [-0.25, -0.2) is 9.97 Å². The minimum absolute atomic E-state index is 0.101. The molecule has 1 rings (SSSR count). The highest BCUT2D eigenvalue weighted by atomic mass is 16.5. The Balaban J connectivity index is 3.05. The number of carboxylic acids is 1. The quantitative estimate of drug-likeness (QED) is 0.831. The smallest absolute Gasteiger partial charge is 0.303 e. The van der Waals surface area contributed by atoms with Crippen molar-refractivity contribution in [3.8, 4) is 0 Å². The van der Waals surface area contributed by atoms with Gasteiger partial charge in [0.15, 0.2) is 5.82 Å². The zero-order valence-corrected chi connectivity index (χ0v) is 12.9. The van der Waals surface area contributed by atoms with E-state index >= 15 is 0 Å². The molecule has 1 heterocycles. The van der Waals surface area contributed by atoms with E-state index in [1.54, 1.807) is 0 Å². The lowest BCUT2D eigenvalue weighted by atomic mass is 10.0. The molecule has 0 aliphatic rings. The highest BCUT2D eigenvalue weighted by Crippen LogP contribution is 2.24. The molecular weight excluding hydrogens is 256 g/mol. The van der Waals surface area contributed by atoms with Crippen LogP contribution in [-0.4, -0.2) is 27.7 Å². The van der Waals surface area contributed by atoms with Gasteiger partial charge >= 0.3 is 5.97 Å². The number of nitrogens with zero attached hydrogens (tertiary/aromatic N) is 2. The molecule has 1 aromatic rings.